The fraction of sp³-hybridized carbons (Fsp3) is 0.171. The Balaban J connectivity index is 2.01. The van der Waals surface area contributed by atoms with Crippen LogP contribution in [0.15, 0.2) is 109 Å². The van der Waals surface area contributed by atoms with Crippen LogP contribution in [0.25, 0.3) is 11.1 Å². The van der Waals surface area contributed by atoms with Crippen molar-refractivity contribution in [3.8, 4) is 5.75 Å². The van der Waals surface area contributed by atoms with Crippen molar-refractivity contribution in [2.45, 2.75) is 26.2 Å². The molecule has 0 fully saturated rings. The first-order valence-electron chi connectivity index (χ1n) is 13.0. The molecule has 1 N–H and O–H groups in total. The van der Waals surface area contributed by atoms with Crippen molar-refractivity contribution >= 4 is 28.7 Å². The van der Waals surface area contributed by atoms with Gasteiger partial charge in [-0.3, -0.25) is 9.59 Å². The lowest BCUT2D eigenvalue weighted by atomic mass is 9.77. The molecule has 40 heavy (non-hydrogen) atoms. The predicted molar refractivity (Wildman–Crippen MR) is 158 cm³/mol. The van der Waals surface area contributed by atoms with Crippen LogP contribution in [-0.2, 0) is 10.2 Å². The molecule has 0 aliphatic rings. The van der Waals surface area contributed by atoms with Crippen LogP contribution in [0, 0.1) is 5.92 Å². The second-order valence-electron chi connectivity index (χ2n) is 10.5. The van der Waals surface area contributed by atoms with E-state index in [2.05, 4.69) is 20.8 Å². The second kappa shape index (κ2) is 12.0. The molecule has 0 saturated carbocycles. The molecular formula is C35H32O5. The van der Waals surface area contributed by atoms with Crippen molar-refractivity contribution in [1.29, 1.82) is 0 Å². The molecule has 4 aromatic rings. The molecule has 0 bridgehead atoms. The van der Waals surface area contributed by atoms with Gasteiger partial charge in [0.15, 0.2) is 11.6 Å². The van der Waals surface area contributed by atoms with Gasteiger partial charge in [0.25, 0.3) is 0 Å². The van der Waals surface area contributed by atoms with Crippen LogP contribution in [0.4, 0.5) is 0 Å². The summed E-state index contributed by atoms with van der Waals surface area (Å²) in [5.74, 6) is -3.06. The van der Waals surface area contributed by atoms with Gasteiger partial charge in [-0.15, -0.1) is 0 Å². The lowest BCUT2D eigenvalue weighted by Gasteiger charge is -2.23. The summed E-state index contributed by atoms with van der Waals surface area (Å²) in [4.78, 5) is 41.5. The number of rotatable bonds is 9. The first-order valence-corrected chi connectivity index (χ1v) is 13.0. The minimum Gasteiger partial charge on any atom is -0.497 e. The quantitative estimate of drug-likeness (QED) is 0.105. The van der Waals surface area contributed by atoms with Crippen molar-refractivity contribution in [3.63, 3.8) is 0 Å². The Bertz CT molecular complexity index is 1530. The van der Waals surface area contributed by atoms with E-state index in [9.17, 15) is 19.5 Å². The van der Waals surface area contributed by atoms with E-state index < -0.39 is 23.5 Å². The monoisotopic (exact) mass is 532 g/mol. The molecule has 4 rings (SSSR count). The molecule has 1 unspecified atom stereocenters. The highest BCUT2D eigenvalue weighted by molar-refractivity contribution is 6.32. The Kier molecular flexibility index (Phi) is 8.44. The summed E-state index contributed by atoms with van der Waals surface area (Å²) in [5.41, 5.74) is 2.44. The van der Waals surface area contributed by atoms with Crippen molar-refractivity contribution in [2.24, 2.45) is 5.92 Å². The lowest BCUT2D eigenvalue weighted by Crippen LogP contribution is -2.28. The van der Waals surface area contributed by atoms with Crippen LogP contribution in [-0.4, -0.2) is 29.8 Å². The Morgan fingerprint density at radius 3 is 1.50 bits per heavy atom. The third-order valence-corrected chi connectivity index (χ3v) is 6.85. The molecule has 0 aromatic heterocycles. The number of carboxylic acid groups (broad SMARTS) is 1. The van der Waals surface area contributed by atoms with Crippen LogP contribution in [0.2, 0.25) is 0 Å². The Hall–Kier alpha value is -4.77. The summed E-state index contributed by atoms with van der Waals surface area (Å²) >= 11 is 0. The van der Waals surface area contributed by atoms with E-state index >= 15 is 0 Å². The summed E-state index contributed by atoms with van der Waals surface area (Å²) in [7, 11) is 1.53. The average Bonchev–Trinajstić information content (AvgIpc) is 2.97. The van der Waals surface area contributed by atoms with Crippen molar-refractivity contribution < 1.29 is 24.2 Å². The highest BCUT2D eigenvalue weighted by atomic mass is 16.5. The fourth-order valence-corrected chi connectivity index (χ4v) is 4.68. The minimum absolute atomic E-state index is 0.0988. The SMILES string of the molecule is COc1ccc(C(=O)C(C(=O)c2ccc(C(C)(C)C)cc2)C(=C(C(=O)O)c2ccccc2)c2ccccc2)cc1. The summed E-state index contributed by atoms with van der Waals surface area (Å²) in [6.07, 6.45) is 0. The number of aliphatic carboxylic acids is 1. The topological polar surface area (TPSA) is 80.7 Å². The van der Waals surface area contributed by atoms with Crippen molar-refractivity contribution in [3.05, 3.63) is 137 Å². The maximum atomic E-state index is 14.3. The van der Waals surface area contributed by atoms with E-state index in [0.29, 0.717) is 22.4 Å². The van der Waals surface area contributed by atoms with Crippen LogP contribution < -0.4 is 4.74 Å². The molecule has 202 valence electrons. The third kappa shape index (κ3) is 6.10. The predicted octanol–water partition coefficient (Wildman–Crippen LogP) is 7.37. The number of carbonyl (C=O) groups excluding carboxylic acids is 2. The molecule has 5 heteroatoms. The maximum Gasteiger partial charge on any atom is 0.336 e. The summed E-state index contributed by atoms with van der Waals surface area (Å²) in [6.45, 7) is 6.24. The van der Waals surface area contributed by atoms with Crippen LogP contribution in [0.5, 0.6) is 5.75 Å². The van der Waals surface area contributed by atoms with Gasteiger partial charge in [-0.05, 0) is 51.9 Å². The molecule has 0 aliphatic heterocycles. The van der Waals surface area contributed by atoms with E-state index in [1.54, 1.807) is 97.1 Å². The van der Waals surface area contributed by atoms with E-state index in [1.165, 1.54) is 7.11 Å². The number of carboxylic acids is 1. The van der Waals surface area contributed by atoms with Gasteiger partial charge in [-0.2, -0.15) is 0 Å². The van der Waals surface area contributed by atoms with E-state index in [4.69, 9.17) is 4.74 Å². The minimum atomic E-state index is -1.41. The number of ether oxygens (including phenoxy) is 1. The normalized spacial score (nSPS) is 12.7. The fourth-order valence-electron chi connectivity index (χ4n) is 4.68. The van der Waals surface area contributed by atoms with Gasteiger partial charge >= 0.3 is 5.97 Å². The van der Waals surface area contributed by atoms with Crippen LogP contribution >= 0.6 is 0 Å². The van der Waals surface area contributed by atoms with Gasteiger partial charge < -0.3 is 9.84 Å². The largest absolute Gasteiger partial charge is 0.497 e. The van der Waals surface area contributed by atoms with Gasteiger partial charge in [0.1, 0.15) is 11.7 Å². The molecular weight excluding hydrogens is 500 g/mol. The van der Waals surface area contributed by atoms with Crippen molar-refractivity contribution in [1.82, 2.24) is 0 Å². The number of Topliss-reactive ketones (excluding diaryl/α,β-unsaturated/α-hetero) is 2. The maximum absolute atomic E-state index is 14.3. The first kappa shape index (κ1) is 28.2. The zero-order valence-electron chi connectivity index (χ0n) is 23.0. The van der Waals surface area contributed by atoms with Gasteiger partial charge in [0, 0.05) is 11.1 Å². The summed E-state index contributed by atoms with van der Waals surface area (Å²) in [5, 5.41) is 10.5. The number of methoxy groups -OCH3 is 1. The molecule has 1 atom stereocenters. The van der Waals surface area contributed by atoms with Gasteiger partial charge in [-0.25, -0.2) is 4.79 Å². The van der Waals surface area contributed by atoms with E-state index in [1.807, 2.05) is 12.1 Å². The molecule has 0 heterocycles. The van der Waals surface area contributed by atoms with Gasteiger partial charge in [0.05, 0.1) is 12.7 Å². The molecule has 0 amide bonds. The Morgan fingerprint density at radius 2 is 1.07 bits per heavy atom. The second-order valence-corrected chi connectivity index (χ2v) is 10.5. The molecule has 0 spiro atoms. The number of allylic oxidation sites excluding steroid dienone is 1. The summed E-state index contributed by atoms with van der Waals surface area (Å²) in [6, 6.07) is 31.0. The third-order valence-electron chi connectivity index (χ3n) is 6.85. The Labute approximate surface area is 234 Å². The van der Waals surface area contributed by atoms with E-state index in [0.717, 1.165) is 5.56 Å². The number of ketones is 2. The standard InChI is InChI=1S/C35H32O5/c1-35(2,3)27-19-15-25(16-20-27)32(36)31(33(37)26-17-21-28(40-4)22-18-26)29(23-11-7-5-8-12-23)30(34(38)39)24-13-9-6-10-14-24/h5-22,31H,1-4H3,(H,38,39). The lowest BCUT2D eigenvalue weighted by molar-refractivity contribution is -0.130. The number of benzene rings is 4. The van der Waals surface area contributed by atoms with E-state index in [-0.39, 0.29) is 22.1 Å². The molecule has 5 nitrogen and oxygen atoms in total. The van der Waals surface area contributed by atoms with Crippen LogP contribution in [0.1, 0.15) is 58.2 Å². The summed E-state index contributed by atoms with van der Waals surface area (Å²) < 4.78 is 5.24. The number of hydrogen-bond acceptors (Lipinski definition) is 4. The average molecular weight is 533 g/mol. The van der Waals surface area contributed by atoms with Crippen molar-refractivity contribution in [2.75, 3.05) is 7.11 Å². The first-order chi connectivity index (χ1) is 19.1. The molecule has 4 aromatic carbocycles. The zero-order chi connectivity index (χ0) is 28.9. The smallest absolute Gasteiger partial charge is 0.336 e. The molecule has 0 aliphatic carbocycles. The molecule has 0 radical (unpaired) electrons. The highest BCUT2D eigenvalue weighted by Crippen LogP contribution is 2.37. The zero-order valence-corrected chi connectivity index (χ0v) is 23.0. The Morgan fingerprint density at radius 1 is 0.625 bits per heavy atom. The molecule has 0 saturated heterocycles. The van der Waals surface area contributed by atoms with Crippen LogP contribution in [0.3, 0.4) is 0 Å². The number of carbonyl (C=O) groups is 3. The highest BCUT2D eigenvalue weighted by Gasteiger charge is 2.36. The van der Waals surface area contributed by atoms with Gasteiger partial charge in [-0.1, -0.05) is 106 Å². The number of hydrogen-bond donors (Lipinski definition) is 1. The van der Waals surface area contributed by atoms with Gasteiger partial charge in [0.2, 0.25) is 0 Å².